The van der Waals surface area contributed by atoms with Crippen LogP contribution in [0.3, 0.4) is 0 Å². The number of Topliss-reactive ketones (excluding diaryl/α,β-unsaturated/α-hetero) is 1. The van der Waals surface area contributed by atoms with E-state index in [9.17, 15) is 19.5 Å². The number of aliphatic hydroxyl groups excluding tert-OH is 1. The predicted octanol–water partition coefficient (Wildman–Crippen LogP) is 2.61. The Balaban J connectivity index is 1.25. The molecule has 2 atom stereocenters. The summed E-state index contributed by atoms with van der Waals surface area (Å²) < 4.78 is 15.8. The summed E-state index contributed by atoms with van der Waals surface area (Å²) in [7, 11) is 2.99. The SMILES string of the molecule is COc1ccc(C(=O)COC(=O)[C@@H]2CC(O)CN2C(=O)C23CC4CC(CC(C4)C2)C3)cc1OC. The lowest BCUT2D eigenvalue weighted by Crippen LogP contribution is -2.56. The maximum absolute atomic E-state index is 13.8. The molecule has 5 aliphatic rings. The first-order valence-electron chi connectivity index (χ1n) is 12.2. The van der Waals surface area contributed by atoms with Crippen LogP contribution >= 0.6 is 0 Å². The molecular formula is C26H33NO7. The molecule has 6 rings (SSSR count). The molecule has 1 unspecified atom stereocenters. The minimum Gasteiger partial charge on any atom is -0.493 e. The highest BCUT2D eigenvalue weighted by Crippen LogP contribution is 2.60. The van der Waals surface area contributed by atoms with Crippen LogP contribution in [0.2, 0.25) is 0 Å². The van der Waals surface area contributed by atoms with Crippen LogP contribution in [0.5, 0.6) is 11.5 Å². The van der Waals surface area contributed by atoms with Gasteiger partial charge in [0.1, 0.15) is 6.04 Å². The van der Waals surface area contributed by atoms with E-state index in [0.717, 1.165) is 19.3 Å². The van der Waals surface area contributed by atoms with Gasteiger partial charge in [0.15, 0.2) is 23.9 Å². The maximum Gasteiger partial charge on any atom is 0.329 e. The van der Waals surface area contributed by atoms with Crippen LogP contribution < -0.4 is 9.47 Å². The highest BCUT2D eigenvalue weighted by Gasteiger charge is 2.57. The van der Waals surface area contributed by atoms with Crippen molar-refractivity contribution in [3.63, 3.8) is 0 Å². The number of amides is 1. The van der Waals surface area contributed by atoms with Gasteiger partial charge in [0.25, 0.3) is 0 Å². The van der Waals surface area contributed by atoms with Crippen LogP contribution in [0.4, 0.5) is 0 Å². The topological polar surface area (TPSA) is 102 Å². The quantitative estimate of drug-likeness (QED) is 0.482. The standard InChI is InChI=1S/C26H33NO7/c1-32-22-4-3-18(8-23(22)33-2)21(29)14-34-24(30)20-9-19(28)13-27(20)25(31)26-10-15-5-16(11-26)7-17(6-15)12-26/h3-4,8,15-17,19-20,28H,5-7,9-14H2,1-2H3/t15?,16?,17?,19?,20-,26?/m0/s1. The van der Waals surface area contributed by atoms with E-state index in [1.54, 1.807) is 17.0 Å². The molecule has 1 saturated heterocycles. The highest BCUT2D eigenvalue weighted by atomic mass is 16.5. The van der Waals surface area contributed by atoms with Gasteiger partial charge in [-0.15, -0.1) is 0 Å². The average molecular weight is 472 g/mol. The second-order valence-electron chi connectivity index (χ2n) is 10.7. The first-order chi connectivity index (χ1) is 16.3. The number of methoxy groups -OCH3 is 2. The fourth-order valence-corrected chi connectivity index (χ4v) is 7.26. The van der Waals surface area contributed by atoms with Gasteiger partial charge in [-0.25, -0.2) is 4.79 Å². The van der Waals surface area contributed by atoms with Gasteiger partial charge in [-0.2, -0.15) is 0 Å². The highest BCUT2D eigenvalue weighted by molar-refractivity contribution is 5.99. The largest absolute Gasteiger partial charge is 0.493 e. The first kappa shape index (κ1) is 23.1. The van der Waals surface area contributed by atoms with E-state index in [-0.39, 0.29) is 24.7 Å². The van der Waals surface area contributed by atoms with Gasteiger partial charge in [0.2, 0.25) is 5.91 Å². The Hall–Kier alpha value is -2.61. The Morgan fingerprint density at radius 1 is 0.971 bits per heavy atom. The third-order valence-electron chi connectivity index (χ3n) is 8.35. The zero-order valence-corrected chi connectivity index (χ0v) is 19.8. The molecule has 34 heavy (non-hydrogen) atoms. The summed E-state index contributed by atoms with van der Waals surface area (Å²) in [6.45, 7) is -0.301. The van der Waals surface area contributed by atoms with E-state index in [1.165, 1.54) is 39.5 Å². The van der Waals surface area contributed by atoms with Crippen molar-refractivity contribution in [2.75, 3.05) is 27.4 Å². The summed E-state index contributed by atoms with van der Waals surface area (Å²) in [5.41, 5.74) is -0.0642. The lowest BCUT2D eigenvalue weighted by molar-refractivity contribution is -0.165. The molecule has 0 aromatic heterocycles. The Labute approximate surface area is 199 Å². The number of carbonyl (C=O) groups is 3. The third kappa shape index (κ3) is 4.06. The average Bonchev–Trinajstić information content (AvgIpc) is 3.22. The molecule has 1 N–H and O–H groups in total. The van der Waals surface area contributed by atoms with Crippen LogP contribution in [0.1, 0.15) is 55.3 Å². The van der Waals surface area contributed by atoms with Gasteiger partial charge >= 0.3 is 5.97 Å². The summed E-state index contributed by atoms with van der Waals surface area (Å²) in [5, 5.41) is 10.3. The van der Waals surface area contributed by atoms with Gasteiger partial charge in [-0.05, 0) is 74.5 Å². The van der Waals surface area contributed by atoms with Gasteiger partial charge in [-0.1, -0.05) is 0 Å². The summed E-state index contributed by atoms with van der Waals surface area (Å²) >= 11 is 0. The number of rotatable bonds is 7. The van der Waals surface area contributed by atoms with E-state index < -0.39 is 30.1 Å². The van der Waals surface area contributed by atoms with Gasteiger partial charge < -0.3 is 24.2 Å². The van der Waals surface area contributed by atoms with Crippen molar-refractivity contribution < 1.29 is 33.7 Å². The summed E-state index contributed by atoms with van der Waals surface area (Å²) in [5.74, 6) is 1.69. The van der Waals surface area contributed by atoms with Crippen LogP contribution in [0.15, 0.2) is 18.2 Å². The molecule has 0 radical (unpaired) electrons. The van der Waals surface area contributed by atoms with Crippen molar-refractivity contribution in [2.24, 2.45) is 23.2 Å². The number of β-amino-alcohol motifs (C(OH)–C–C–N with tert-alkyl or cyclic N) is 1. The molecule has 8 heteroatoms. The molecule has 0 spiro atoms. The Bertz CT molecular complexity index is 954. The lowest BCUT2D eigenvalue weighted by atomic mass is 9.49. The number of hydrogen-bond acceptors (Lipinski definition) is 7. The zero-order valence-electron chi connectivity index (χ0n) is 19.8. The summed E-state index contributed by atoms with van der Waals surface area (Å²) in [6.07, 6.45) is 5.72. The lowest BCUT2D eigenvalue weighted by Gasteiger charge is -2.56. The minimum atomic E-state index is -0.853. The van der Waals surface area contributed by atoms with Crippen LogP contribution in [0, 0.1) is 23.2 Å². The maximum atomic E-state index is 13.8. The molecule has 1 amide bonds. The van der Waals surface area contributed by atoms with E-state index in [2.05, 4.69) is 0 Å². The van der Waals surface area contributed by atoms with E-state index in [1.807, 2.05) is 0 Å². The van der Waals surface area contributed by atoms with Crippen molar-refractivity contribution in [3.8, 4) is 11.5 Å². The number of hydrogen-bond donors (Lipinski definition) is 1. The van der Waals surface area contributed by atoms with Crippen molar-refractivity contribution in [2.45, 2.75) is 57.1 Å². The van der Waals surface area contributed by atoms with Crippen LogP contribution in [-0.2, 0) is 14.3 Å². The van der Waals surface area contributed by atoms with Crippen molar-refractivity contribution in [3.05, 3.63) is 23.8 Å². The molecule has 4 aliphatic carbocycles. The molecule has 1 aromatic rings. The molecule has 8 nitrogen and oxygen atoms in total. The number of benzene rings is 1. The minimum absolute atomic E-state index is 0.00341. The Kier molecular flexibility index (Phi) is 6.04. The molecule has 4 bridgehead atoms. The third-order valence-corrected chi connectivity index (χ3v) is 8.35. The molecule has 1 aliphatic heterocycles. The number of aliphatic hydroxyl groups is 1. The molecule has 4 saturated carbocycles. The number of ether oxygens (including phenoxy) is 3. The normalized spacial score (nSPS) is 33.6. The van der Waals surface area contributed by atoms with Crippen molar-refractivity contribution in [1.82, 2.24) is 4.90 Å². The molecule has 1 heterocycles. The van der Waals surface area contributed by atoms with Crippen LogP contribution in [-0.4, -0.2) is 67.2 Å². The van der Waals surface area contributed by atoms with Crippen LogP contribution in [0.25, 0.3) is 0 Å². The number of esters is 1. The Morgan fingerprint density at radius 2 is 1.59 bits per heavy atom. The fourth-order valence-electron chi connectivity index (χ4n) is 7.26. The molecule has 1 aromatic carbocycles. The fraction of sp³-hybridized carbons (Fsp3) is 0.654. The first-order valence-corrected chi connectivity index (χ1v) is 12.2. The number of nitrogens with zero attached hydrogens (tertiary/aromatic N) is 1. The second-order valence-corrected chi connectivity index (χ2v) is 10.7. The molecular weight excluding hydrogens is 438 g/mol. The second kappa shape index (κ2) is 8.87. The monoisotopic (exact) mass is 471 g/mol. The van der Waals surface area contributed by atoms with E-state index in [4.69, 9.17) is 14.2 Å². The summed E-state index contributed by atoms with van der Waals surface area (Å²) in [4.78, 5) is 40.9. The number of ketones is 1. The van der Waals surface area contributed by atoms with E-state index in [0.29, 0.717) is 34.8 Å². The van der Waals surface area contributed by atoms with Gasteiger partial charge in [-0.3, -0.25) is 9.59 Å². The molecule has 184 valence electrons. The number of carbonyl (C=O) groups excluding carboxylic acids is 3. The van der Waals surface area contributed by atoms with Gasteiger partial charge in [0, 0.05) is 18.5 Å². The summed E-state index contributed by atoms with van der Waals surface area (Å²) in [6, 6.07) is 3.89. The smallest absolute Gasteiger partial charge is 0.329 e. The molecule has 5 fully saturated rings. The van der Waals surface area contributed by atoms with Crippen molar-refractivity contribution in [1.29, 1.82) is 0 Å². The van der Waals surface area contributed by atoms with Gasteiger partial charge in [0.05, 0.1) is 25.7 Å². The van der Waals surface area contributed by atoms with E-state index >= 15 is 0 Å². The predicted molar refractivity (Wildman–Crippen MR) is 122 cm³/mol. The Morgan fingerprint density at radius 3 is 2.18 bits per heavy atom. The zero-order chi connectivity index (χ0) is 24.0. The number of likely N-dealkylation sites (tertiary alicyclic amines) is 1. The van der Waals surface area contributed by atoms with Crippen molar-refractivity contribution >= 4 is 17.7 Å².